The highest BCUT2D eigenvalue weighted by molar-refractivity contribution is 7.89. The van der Waals surface area contributed by atoms with Crippen LogP contribution in [-0.4, -0.2) is 38.9 Å². The summed E-state index contributed by atoms with van der Waals surface area (Å²) in [5, 5.41) is 10.2. The summed E-state index contributed by atoms with van der Waals surface area (Å²) in [6.45, 7) is 0.862. The molecule has 1 fully saturated rings. The van der Waals surface area contributed by atoms with Gasteiger partial charge in [0.15, 0.2) is 0 Å². The second-order valence-electron chi connectivity index (χ2n) is 4.73. The number of ether oxygens (including phenoxy) is 1. The second kappa shape index (κ2) is 5.46. The number of benzene rings is 1. The summed E-state index contributed by atoms with van der Waals surface area (Å²) < 4.78 is 31.7. The number of nitrogens with two attached hydrogens (primary N) is 1. The number of nitrogens with one attached hydrogen (secondary N) is 1. The monoisotopic (exact) mass is 286 g/mol. The van der Waals surface area contributed by atoms with E-state index in [1.165, 1.54) is 12.1 Å². The second-order valence-corrected chi connectivity index (χ2v) is 6.50. The van der Waals surface area contributed by atoms with Crippen molar-refractivity contribution in [2.75, 3.05) is 25.5 Å². The maximum atomic E-state index is 12.1. The summed E-state index contributed by atoms with van der Waals surface area (Å²) in [6, 6.07) is 6.04. The van der Waals surface area contributed by atoms with Gasteiger partial charge in [-0.05, 0) is 18.2 Å². The Morgan fingerprint density at radius 1 is 1.37 bits per heavy atom. The van der Waals surface area contributed by atoms with E-state index in [-0.39, 0.29) is 11.4 Å². The first-order chi connectivity index (χ1) is 8.91. The van der Waals surface area contributed by atoms with E-state index in [9.17, 15) is 13.5 Å². The Bertz CT molecular complexity index is 538. The van der Waals surface area contributed by atoms with Gasteiger partial charge in [-0.25, -0.2) is 13.1 Å². The van der Waals surface area contributed by atoms with Crippen molar-refractivity contribution >= 4 is 15.7 Å². The van der Waals surface area contributed by atoms with E-state index in [1.54, 1.807) is 12.1 Å². The van der Waals surface area contributed by atoms with Gasteiger partial charge in [0.05, 0.1) is 10.5 Å². The summed E-state index contributed by atoms with van der Waals surface area (Å²) in [4.78, 5) is 0.100. The van der Waals surface area contributed by atoms with Crippen LogP contribution in [0.1, 0.15) is 12.8 Å². The topological polar surface area (TPSA) is 102 Å². The van der Waals surface area contributed by atoms with Crippen molar-refractivity contribution in [3.05, 3.63) is 24.3 Å². The third-order valence-corrected chi connectivity index (χ3v) is 4.58. The van der Waals surface area contributed by atoms with Crippen LogP contribution in [-0.2, 0) is 14.8 Å². The lowest BCUT2D eigenvalue weighted by Crippen LogP contribution is -2.46. The number of anilines is 1. The molecule has 0 saturated carbocycles. The van der Waals surface area contributed by atoms with Gasteiger partial charge in [-0.3, -0.25) is 0 Å². The van der Waals surface area contributed by atoms with Gasteiger partial charge in [0.2, 0.25) is 10.0 Å². The van der Waals surface area contributed by atoms with Crippen molar-refractivity contribution < 1.29 is 18.3 Å². The van der Waals surface area contributed by atoms with Gasteiger partial charge in [-0.2, -0.15) is 0 Å². The summed E-state index contributed by atoms with van der Waals surface area (Å²) in [5.74, 6) is 0. The van der Waals surface area contributed by atoms with Crippen molar-refractivity contribution in [1.82, 2.24) is 4.72 Å². The molecule has 6 nitrogen and oxygen atoms in total. The molecular weight excluding hydrogens is 268 g/mol. The molecule has 0 amide bonds. The average molecular weight is 286 g/mol. The molecule has 0 bridgehead atoms. The number of sulfonamides is 1. The van der Waals surface area contributed by atoms with E-state index >= 15 is 0 Å². The van der Waals surface area contributed by atoms with Crippen molar-refractivity contribution in [2.45, 2.75) is 23.3 Å². The lowest BCUT2D eigenvalue weighted by Gasteiger charge is -2.31. The van der Waals surface area contributed by atoms with Gasteiger partial charge in [0.25, 0.3) is 0 Å². The van der Waals surface area contributed by atoms with Gasteiger partial charge in [-0.1, -0.05) is 6.07 Å². The van der Waals surface area contributed by atoms with Crippen LogP contribution in [0, 0.1) is 0 Å². The molecule has 19 heavy (non-hydrogen) atoms. The molecule has 0 unspecified atom stereocenters. The Hall–Kier alpha value is -1.15. The highest BCUT2D eigenvalue weighted by atomic mass is 32.2. The molecule has 1 heterocycles. The van der Waals surface area contributed by atoms with Crippen molar-refractivity contribution in [3.8, 4) is 0 Å². The minimum Gasteiger partial charge on any atom is -0.399 e. The Balaban J connectivity index is 2.05. The van der Waals surface area contributed by atoms with E-state index < -0.39 is 15.6 Å². The standard InChI is InChI=1S/C12H18N2O4S/c13-10-2-1-3-11(8-10)19(16,17)14-9-12(15)4-6-18-7-5-12/h1-3,8,14-15H,4-7,9,13H2. The number of hydrogen-bond acceptors (Lipinski definition) is 5. The highest BCUT2D eigenvalue weighted by Crippen LogP contribution is 2.20. The van der Waals surface area contributed by atoms with E-state index in [1.807, 2.05) is 0 Å². The molecule has 0 aromatic heterocycles. The number of aliphatic hydroxyl groups is 1. The Morgan fingerprint density at radius 3 is 2.68 bits per heavy atom. The molecular formula is C12H18N2O4S. The van der Waals surface area contributed by atoms with Crippen LogP contribution in [0.2, 0.25) is 0 Å². The third kappa shape index (κ3) is 3.66. The molecule has 1 saturated heterocycles. The molecule has 4 N–H and O–H groups in total. The zero-order valence-corrected chi connectivity index (χ0v) is 11.3. The zero-order chi connectivity index (χ0) is 13.9. The first-order valence-corrected chi connectivity index (χ1v) is 7.55. The first kappa shape index (κ1) is 14.3. The first-order valence-electron chi connectivity index (χ1n) is 6.07. The fourth-order valence-corrected chi connectivity index (χ4v) is 3.10. The summed E-state index contributed by atoms with van der Waals surface area (Å²) in [6.07, 6.45) is 0.846. The fourth-order valence-electron chi connectivity index (χ4n) is 1.92. The van der Waals surface area contributed by atoms with Gasteiger partial charge in [-0.15, -0.1) is 0 Å². The lowest BCUT2D eigenvalue weighted by molar-refractivity contribution is -0.0588. The largest absolute Gasteiger partial charge is 0.399 e. The molecule has 0 atom stereocenters. The van der Waals surface area contributed by atoms with Crippen molar-refractivity contribution in [1.29, 1.82) is 0 Å². The van der Waals surface area contributed by atoms with Crippen LogP contribution in [0.5, 0.6) is 0 Å². The normalized spacial score (nSPS) is 19.2. The smallest absolute Gasteiger partial charge is 0.240 e. The molecule has 1 aromatic carbocycles. The highest BCUT2D eigenvalue weighted by Gasteiger charge is 2.31. The quantitative estimate of drug-likeness (QED) is 0.681. The molecule has 1 aliphatic rings. The van der Waals surface area contributed by atoms with Gasteiger partial charge in [0.1, 0.15) is 0 Å². The maximum absolute atomic E-state index is 12.1. The van der Waals surface area contributed by atoms with Crippen molar-refractivity contribution in [2.24, 2.45) is 0 Å². The number of nitrogen functional groups attached to an aromatic ring is 1. The molecule has 2 rings (SSSR count). The molecule has 7 heteroatoms. The Morgan fingerprint density at radius 2 is 2.05 bits per heavy atom. The summed E-state index contributed by atoms with van der Waals surface area (Å²) in [7, 11) is -3.65. The van der Waals surface area contributed by atoms with Gasteiger partial charge < -0.3 is 15.6 Å². The number of hydrogen-bond donors (Lipinski definition) is 3. The third-order valence-electron chi connectivity index (χ3n) is 3.18. The van der Waals surface area contributed by atoms with Crippen molar-refractivity contribution in [3.63, 3.8) is 0 Å². The average Bonchev–Trinajstić information content (AvgIpc) is 2.38. The molecule has 1 aliphatic heterocycles. The van der Waals surface area contributed by atoms with Crippen LogP contribution in [0.15, 0.2) is 29.2 Å². The van der Waals surface area contributed by atoms with E-state index in [4.69, 9.17) is 10.5 Å². The Kier molecular flexibility index (Phi) is 4.10. The van der Waals surface area contributed by atoms with Gasteiger partial charge in [0, 0.05) is 38.3 Å². The van der Waals surface area contributed by atoms with Crippen LogP contribution in [0.25, 0.3) is 0 Å². The van der Waals surface area contributed by atoms with Crippen LogP contribution >= 0.6 is 0 Å². The maximum Gasteiger partial charge on any atom is 0.240 e. The molecule has 1 aromatic rings. The minimum absolute atomic E-state index is 0.0203. The summed E-state index contributed by atoms with van der Waals surface area (Å²) in [5.41, 5.74) is 4.91. The molecule has 0 spiro atoms. The van der Waals surface area contributed by atoms with Crippen LogP contribution in [0.4, 0.5) is 5.69 Å². The molecule has 0 aliphatic carbocycles. The van der Waals surface area contributed by atoms with E-state index in [0.29, 0.717) is 31.7 Å². The number of rotatable bonds is 4. The summed E-state index contributed by atoms with van der Waals surface area (Å²) >= 11 is 0. The lowest BCUT2D eigenvalue weighted by atomic mass is 9.95. The zero-order valence-electron chi connectivity index (χ0n) is 10.5. The Labute approximate surface area is 112 Å². The van der Waals surface area contributed by atoms with E-state index in [0.717, 1.165) is 0 Å². The molecule has 106 valence electrons. The van der Waals surface area contributed by atoms with Crippen LogP contribution in [0.3, 0.4) is 0 Å². The van der Waals surface area contributed by atoms with E-state index in [2.05, 4.69) is 4.72 Å². The molecule has 0 radical (unpaired) electrons. The SMILES string of the molecule is Nc1cccc(S(=O)(=O)NCC2(O)CCOCC2)c1. The fraction of sp³-hybridized carbons (Fsp3) is 0.500. The minimum atomic E-state index is -3.65. The van der Waals surface area contributed by atoms with Crippen LogP contribution < -0.4 is 10.5 Å². The van der Waals surface area contributed by atoms with Gasteiger partial charge >= 0.3 is 0 Å². The predicted octanol–water partition coefficient (Wildman–Crippen LogP) is 0.0886. The predicted molar refractivity (Wildman–Crippen MR) is 71.0 cm³/mol.